The first kappa shape index (κ1) is 16.4. The smallest absolute Gasteiger partial charge is 0.0760 e. The van der Waals surface area contributed by atoms with Crippen LogP contribution in [0.25, 0.3) is 0 Å². The van der Waals surface area contributed by atoms with E-state index in [1.54, 1.807) is 0 Å². The molecule has 0 aliphatic heterocycles. The molecule has 0 saturated heterocycles. The lowest BCUT2D eigenvalue weighted by molar-refractivity contribution is 0.696. The van der Waals surface area contributed by atoms with Gasteiger partial charge in [-0.15, -0.1) is 0 Å². The number of benzene rings is 2. The topological polar surface area (TPSA) is 12.4 Å². The average molecular weight is 409 g/mol. The Morgan fingerprint density at radius 2 is 1.57 bits per heavy atom. The highest BCUT2D eigenvalue weighted by Crippen LogP contribution is 2.30. The molecule has 2 aromatic carbocycles. The van der Waals surface area contributed by atoms with Gasteiger partial charge in [0.2, 0.25) is 0 Å². The van der Waals surface area contributed by atoms with Crippen LogP contribution in [0, 0.1) is 0 Å². The molecule has 1 unspecified atom stereocenters. The normalized spacial score (nSPS) is 13.2. The highest BCUT2D eigenvalue weighted by molar-refractivity contribution is 9.10. The van der Waals surface area contributed by atoms with Crippen LogP contribution >= 0.6 is 31.9 Å². The maximum atomic E-state index is 5.03. The van der Waals surface area contributed by atoms with Crippen LogP contribution in [0.15, 0.2) is 62.5 Å². The third-order valence-corrected chi connectivity index (χ3v) is 4.90. The summed E-state index contributed by atoms with van der Waals surface area (Å²) in [6.07, 6.45) is 1.90. The fourth-order valence-corrected chi connectivity index (χ4v) is 3.42. The van der Waals surface area contributed by atoms with Crippen LogP contribution in [0.3, 0.4) is 0 Å². The van der Waals surface area contributed by atoms with Gasteiger partial charge in [-0.25, -0.2) is 0 Å². The Labute approximate surface area is 143 Å². The van der Waals surface area contributed by atoms with Crippen LogP contribution < -0.4 is 0 Å². The van der Waals surface area contributed by atoms with Crippen LogP contribution in [0.5, 0.6) is 0 Å². The van der Waals surface area contributed by atoms with Crippen LogP contribution in [0.1, 0.15) is 43.9 Å². The van der Waals surface area contributed by atoms with E-state index >= 15 is 0 Å². The molecule has 0 bridgehead atoms. The molecule has 110 valence electrons. The second-order valence-electron chi connectivity index (χ2n) is 4.85. The van der Waals surface area contributed by atoms with Gasteiger partial charge in [0.1, 0.15) is 0 Å². The van der Waals surface area contributed by atoms with Gasteiger partial charge in [-0.05, 0) is 30.5 Å². The molecular formula is C18H19Br2N. The minimum absolute atomic E-state index is 0.183. The number of halogens is 2. The molecule has 0 amide bonds. The molecule has 2 rings (SSSR count). The van der Waals surface area contributed by atoms with E-state index in [0.29, 0.717) is 0 Å². The molecule has 0 aliphatic rings. The van der Waals surface area contributed by atoms with E-state index in [2.05, 4.69) is 82.1 Å². The van der Waals surface area contributed by atoms with Crippen molar-refractivity contribution in [2.45, 2.75) is 32.7 Å². The lowest BCUT2D eigenvalue weighted by Crippen LogP contribution is -2.05. The molecule has 0 spiro atoms. The van der Waals surface area contributed by atoms with Gasteiger partial charge in [0.25, 0.3) is 0 Å². The van der Waals surface area contributed by atoms with Crippen molar-refractivity contribution in [3.63, 3.8) is 0 Å². The molecule has 0 heterocycles. The van der Waals surface area contributed by atoms with Gasteiger partial charge in [0, 0.05) is 20.2 Å². The molecular weight excluding hydrogens is 390 g/mol. The summed E-state index contributed by atoms with van der Waals surface area (Å²) in [5.74, 6) is 0. The molecule has 0 radical (unpaired) electrons. The number of hydrogen-bond acceptors (Lipinski definition) is 1. The van der Waals surface area contributed by atoms with Gasteiger partial charge in [-0.1, -0.05) is 82.1 Å². The maximum Gasteiger partial charge on any atom is 0.0760 e. The lowest BCUT2D eigenvalue weighted by Gasteiger charge is -2.16. The van der Waals surface area contributed by atoms with Crippen molar-refractivity contribution in [2.75, 3.05) is 0 Å². The van der Waals surface area contributed by atoms with Crippen molar-refractivity contribution in [3.05, 3.63) is 68.6 Å². The predicted molar refractivity (Wildman–Crippen MR) is 98.1 cm³/mol. The average Bonchev–Trinajstić information content (AvgIpc) is 2.51. The maximum absolute atomic E-state index is 5.03. The van der Waals surface area contributed by atoms with E-state index in [1.807, 2.05) is 12.1 Å². The number of hydrogen-bond donors (Lipinski definition) is 0. The van der Waals surface area contributed by atoms with Crippen molar-refractivity contribution in [1.29, 1.82) is 0 Å². The largest absolute Gasteiger partial charge is 0.281 e. The molecule has 0 N–H and O–H groups in total. The monoisotopic (exact) mass is 407 g/mol. The Kier molecular flexibility index (Phi) is 6.19. The van der Waals surface area contributed by atoms with Crippen molar-refractivity contribution in [2.24, 2.45) is 4.99 Å². The van der Waals surface area contributed by atoms with Crippen molar-refractivity contribution >= 4 is 37.6 Å². The Hall–Kier alpha value is -0.930. The first-order chi connectivity index (χ1) is 10.2. The molecule has 0 aromatic heterocycles. The number of aliphatic imine (C=N–C) groups is 1. The summed E-state index contributed by atoms with van der Waals surface area (Å²) in [6.45, 7) is 4.34. The summed E-state index contributed by atoms with van der Waals surface area (Å²) in [7, 11) is 0. The minimum atomic E-state index is 0.183. The zero-order valence-corrected chi connectivity index (χ0v) is 15.5. The second-order valence-corrected chi connectivity index (χ2v) is 6.56. The third-order valence-electron chi connectivity index (χ3n) is 3.48. The summed E-state index contributed by atoms with van der Waals surface area (Å²) in [5, 5.41) is 0. The van der Waals surface area contributed by atoms with Gasteiger partial charge >= 0.3 is 0 Å². The fourth-order valence-electron chi connectivity index (χ4n) is 2.36. The molecule has 21 heavy (non-hydrogen) atoms. The number of rotatable bonds is 5. The lowest BCUT2D eigenvalue weighted by atomic mass is 10.0. The number of nitrogens with zero attached hydrogens (tertiary/aromatic N) is 1. The van der Waals surface area contributed by atoms with Gasteiger partial charge in [-0.2, -0.15) is 0 Å². The van der Waals surface area contributed by atoms with Crippen molar-refractivity contribution in [1.82, 2.24) is 0 Å². The zero-order valence-electron chi connectivity index (χ0n) is 12.3. The fraction of sp³-hybridized carbons (Fsp3) is 0.278. The van der Waals surface area contributed by atoms with E-state index in [0.717, 1.165) is 27.5 Å². The molecule has 3 heteroatoms. The zero-order chi connectivity index (χ0) is 15.2. The molecule has 0 aliphatic carbocycles. The van der Waals surface area contributed by atoms with Crippen LogP contribution in [-0.2, 0) is 0 Å². The Morgan fingerprint density at radius 3 is 2.14 bits per heavy atom. The second kappa shape index (κ2) is 7.90. The molecule has 2 aromatic rings. The highest BCUT2D eigenvalue weighted by atomic mass is 79.9. The quantitative estimate of drug-likeness (QED) is 0.496. The van der Waals surface area contributed by atoms with E-state index in [1.165, 1.54) is 11.1 Å². The first-order valence-corrected chi connectivity index (χ1v) is 8.82. The van der Waals surface area contributed by atoms with Gasteiger partial charge < -0.3 is 0 Å². The molecule has 1 nitrogen and oxygen atoms in total. The molecule has 1 atom stereocenters. The van der Waals surface area contributed by atoms with E-state index in [-0.39, 0.29) is 6.04 Å². The Bertz CT molecular complexity index is 635. The van der Waals surface area contributed by atoms with E-state index in [9.17, 15) is 0 Å². The summed E-state index contributed by atoms with van der Waals surface area (Å²) >= 11 is 7.27. The van der Waals surface area contributed by atoms with Crippen LogP contribution in [-0.4, -0.2) is 5.71 Å². The standard InChI is InChI=1S/C18H19Br2N/c1-3-17(13-9-5-7-11-15(13)19)21-18(4-2)14-10-6-8-12-16(14)20/h5-12,17H,3-4H2,1-2H3. The van der Waals surface area contributed by atoms with E-state index < -0.39 is 0 Å². The summed E-state index contributed by atoms with van der Waals surface area (Å²) in [6, 6.07) is 16.8. The Morgan fingerprint density at radius 1 is 0.952 bits per heavy atom. The van der Waals surface area contributed by atoms with Gasteiger partial charge in [0.15, 0.2) is 0 Å². The van der Waals surface area contributed by atoms with Gasteiger partial charge in [-0.3, -0.25) is 4.99 Å². The summed E-state index contributed by atoms with van der Waals surface area (Å²) < 4.78 is 2.23. The van der Waals surface area contributed by atoms with Crippen LogP contribution in [0.2, 0.25) is 0 Å². The molecule has 0 saturated carbocycles. The van der Waals surface area contributed by atoms with E-state index in [4.69, 9.17) is 4.99 Å². The first-order valence-electron chi connectivity index (χ1n) is 7.23. The highest BCUT2D eigenvalue weighted by Gasteiger charge is 2.13. The summed E-state index contributed by atoms with van der Waals surface area (Å²) in [5.41, 5.74) is 3.58. The summed E-state index contributed by atoms with van der Waals surface area (Å²) in [4.78, 5) is 5.03. The third kappa shape index (κ3) is 4.04. The molecule has 0 fully saturated rings. The Balaban J connectivity index is 2.42. The van der Waals surface area contributed by atoms with Crippen molar-refractivity contribution < 1.29 is 0 Å². The SMILES string of the molecule is CCC(=NC(CC)c1ccccc1Br)c1ccccc1Br. The van der Waals surface area contributed by atoms with Crippen molar-refractivity contribution in [3.8, 4) is 0 Å². The minimum Gasteiger partial charge on any atom is -0.281 e. The van der Waals surface area contributed by atoms with Gasteiger partial charge in [0.05, 0.1) is 6.04 Å². The predicted octanol–water partition coefficient (Wildman–Crippen LogP) is 6.56. The van der Waals surface area contributed by atoms with Crippen LogP contribution in [0.4, 0.5) is 0 Å².